The van der Waals surface area contributed by atoms with Crippen LogP contribution in [0.25, 0.3) is 0 Å². The molecular formula is C16H16N4O2. The number of fused-ring (bicyclic) bond motifs is 1. The lowest BCUT2D eigenvalue weighted by molar-refractivity contribution is -0.116. The number of carbonyl (C=O) groups excluding carboxylic acids is 1. The van der Waals surface area contributed by atoms with Crippen molar-refractivity contribution in [2.24, 2.45) is 0 Å². The number of benzene rings is 1. The van der Waals surface area contributed by atoms with Crippen LogP contribution in [-0.4, -0.2) is 27.7 Å². The number of nitrogens with zero attached hydrogens (tertiary/aromatic N) is 3. The molecule has 0 amide bonds. The summed E-state index contributed by atoms with van der Waals surface area (Å²) in [7, 11) is 1.64. The maximum Gasteiger partial charge on any atom is 0.226 e. The summed E-state index contributed by atoms with van der Waals surface area (Å²) in [5, 5.41) is 7.56. The molecule has 0 bridgehead atoms. The zero-order chi connectivity index (χ0) is 15.1. The van der Waals surface area contributed by atoms with Crippen molar-refractivity contribution in [3.8, 4) is 5.75 Å². The van der Waals surface area contributed by atoms with Crippen LogP contribution in [0.15, 0.2) is 41.9 Å². The monoisotopic (exact) mass is 296 g/mol. The molecular weight excluding hydrogens is 280 g/mol. The van der Waals surface area contributed by atoms with Gasteiger partial charge in [0.15, 0.2) is 5.78 Å². The number of rotatable bonds is 2. The van der Waals surface area contributed by atoms with Gasteiger partial charge in [-0.15, -0.1) is 0 Å². The minimum Gasteiger partial charge on any atom is -0.497 e. The van der Waals surface area contributed by atoms with Gasteiger partial charge in [-0.05, 0) is 30.5 Å². The van der Waals surface area contributed by atoms with Crippen LogP contribution >= 0.6 is 0 Å². The van der Waals surface area contributed by atoms with E-state index in [1.807, 2.05) is 24.3 Å². The highest BCUT2D eigenvalue weighted by Crippen LogP contribution is 2.39. The molecule has 1 aliphatic carbocycles. The molecule has 1 atom stereocenters. The molecule has 0 saturated carbocycles. The molecule has 1 aromatic heterocycles. The first kappa shape index (κ1) is 13.1. The van der Waals surface area contributed by atoms with Crippen LogP contribution < -0.4 is 10.1 Å². The van der Waals surface area contributed by atoms with E-state index in [4.69, 9.17) is 4.74 Å². The van der Waals surface area contributed by atoms with Gasteiger partial charge in [0, 0.05) is 17.7 Å². The lowest BCUT2D eigenvalue weighted by atomic mass is 9.85. The van der Waals surface area contributed by atoms with E-state index >= 15 is 0 Å². The van der Waals surface area contributed by atoms with Gasteiger partial charge in [0.1, 0.15) is 18.1 Å². The molecule has 4 rings (SSSR count). The van der Waals surface area contributed by atoms with Gasteiger partial charge in [0.05, 0.1) is 7.11 Å². The fourth-order valence-electron chi connectivity index (χ4n) is 3.19. The van der Waals surface area contributed by atoms with Crippen molar-refractivity contribution < 1.29 is 9.53 Å². The topological polar surface area (TPSA) is 69.0 Å². The van der Waals surface area contributed by atoms with Crippen LogP contribution in [0.1, 0.15) is 30.9 Å². The van der Waals surface area contributed by atoms with Gasteiger partial charge in [-0.3, -0.25) is 4.79 Å². The molecule has 1 N–H and O–H groups in total. The molecule has 1 unspecified atom stereocenters. The van der Waals surface area contributed by atoms with Gasteiger partial charge in [0.2, 0.25) is 5.95 Å². The largest absolute Gasteiger partial charge is 0.497 e. The number of nitrogens with one attached hydrogen (secondary N) is 1. The molecule has 22 heavy (non-hydrogen) atoms. The zero-order valence-electron chi connectivity index (χ0n) is 12.2. The number of methoxy groups -OCH3 is 1. The summed E-state index contributed by atoms with van der Waals surface area (Å²) in [6.45, 7) is 0. The van der Waals surface area contributed by atoms with Crippen molar-refractivity contribution >= 4 is 11.7 Å². The molecule has 6 nitrogen and oxygen atoms in total. The molecule has 2 aliphatic rings. The lowest BCUT2D eigenvalue weighted by Crippen LogP contribution is -2.31. The first-order chi connectivity index (χ1) is 10.8. The fourth-order valence-corrected chi connectivity index (χ4v) is 3.19. The van der Waals surface area contributed by atoms with Gasteiger partial charge in [-0.25, -0.2) is 4.68 Å². The minimum atomic E-state index is -0.215. The van der Waals surface area contributed by atoms with Crippen LogP contribution in [0, 0.1) is 0 Å². The van der Waals surface area contributed by atoms with E-state index in [9.17, 15) is 4.79 Å². The van der Waals surface area contributed by atoms with Gasteiger partial charge in [-0.2, -0.15) is 10.1 Å². The van der Waals surface area contributed by atoms with Crippen molar-refractivity contribution in [3.63, 3.8) is 0 Å². The Morgan fingerprint density at radius 3 is 2.86 bits per heavy atom. The Hall–Kier alpha value is -2.63. The van der Waals surface area contributed by atoms with Crippen LogP contribution in [0.3, 0.4) is 0 Å². The highest BCUT2D eigenvalue weighted by Gasteiger charge is 2.35. The Labute approximate surface area is 127 Å². The average molecular weight is 296 g/mol. The summed E-state index contributed by atoms with van der Waals surface area (Å²) in [5.41, 5.74) is 2.81. The number of hydrogen-bond acceptors (Lipinski definition) is 5. The van der Waals surface area contributed by atoms with Crippen molar-refractivity contribution in [2.75, 3.05) is 12.4 Å². The number of allylic oxidation sites excluding steroid dienone is 2. The maximum atomic E-state index is 12.5. The van der Waals surface area contributed by atoms with Crippen LogP contribution in [0.2, 0.25) is 0 Å². The first-order valence-electron chi connectivity index (χ1n) is 7.34. The van der Waals surface area contributed by atoms with Crippen molar-refractivity contribution in [1.29, 1.82) is 0 Å². The Morgan fingerprint density at radius 2 is 2.09 bits per heavy atom. The summed E-state index contributed by atoms with van der Waals surface area (Å²) in [6, 6.07) is 7.55. The van der Waals surface area contributed by atoms with Gasteiger partial charge >= 0.3 is 0 Å². The van der Waals surface area contributed by atoms with E-state index in [1.54, 1.807) is 11.8 Å². The standard InChI is InChI=1S/C16H16N4O2/c1-22-11-7-5-10(6-8-11)15-14-12(3-2-4-13(14)21)19-16-17-9-18-20(15)16/h5-9,15H,2-4H2,1H3,(H,17,18,19). The molecule has 2 heterocycles. The van der Waals surface area contributed by atoms with Crippen molar-refractivity contribution in [3.05, 3.63) is 47.4 Å². The van der Waals surface area contributed by atoms with E-state index in [0.29, 0.717) is 12.4 Å². The zero-order valence-corrected chi connectivity index (χ0v) is 12.2. The second-order valence-electron chi connectivity index (χ2n) is 5.50. The lowest BCUT2D eigenvalue weighted by Gasteiger charge is -2.32. The molecule has 0 radical (unpaired) electrons. The number of hydrogen-bond donors (Lipinski definition) is 1. The predicted octanol–water partition coefficient (Wildman–Crippen LogP) is 2.31. The Kier molecular flexibility index (Phi) is 2.96. The van der Waals surface area contributed by atoms with Crippen LogP contribution in [-0.2, 0) is 4.79 Å². The normalized spacial score (nSPS) is 20.2. The molecule has 0 fully saturated rings. The molecule has 1 aliphatic heterocycles. The highest BCUT2D eigenvalue weighted by atomic mass is 16.5. The van der Waals surface area contributed by atoms with Gasteiger partial charge < -0.3 is 10.1 Å². The summed E-state index contributed by atoms with van der Waals surface area (Å²) >= 11 is 0. The van der Waals surface area contributed by atoms with Crippen LogP contribution in [0.4, 0.5) is 5.95 Å². The van der Waals surface area contributed by atoms with E-state index in [-0.39, 0.29) is 11.8 Å². The van der Waals surface area contributed by atoms with E-state index in [0.717, 1.165) is 35.4 Å². The summed E-state index contributed by atoms with van der Waals surface area (Å²) in [4.78, 5) is 16.7. The minimum absolute atomic E-state index is 0.190. The third kappa shape index (κ3) is 1.91. The number of Topliss-reactive ketones (excluding diaryl/α,β-unsaturated/α-hetero) is 1. The van der Waals surface area contributed by atoms with Crippen LogP contribution in [0.5, 0.6) is 5.75 Å². The number of aromatic nitrogens is 3. The molecule has 0 spiro atoms. The van der Waals surface area contributed by atoms with E-state index in [1.165, 1.54) is 6.33 Å². The first-order valence-corrected chi connectivity index (χ1v) is 7.34. The molecule has 2 aromatic rings. The van der Waals surface area contributed by atoms with Gasteiger partial charge in [0.25, 0.3) is 0 Å². The second kappa shape index (κ2) is 4.98. The average Bonchev–Trinajstić information content (AvgIpc) is 3.01. The maximum absolute atomic E-state index is 12.5. The van der Waals surface area contributed by atoms with E-state index < -0.39 is 0 Å². The molecule has 6 heteroatoms. The van der Waals surface area contributed by atoms with Crippen molar-refractivity contribution in [2.45, 2.75) is 25.3 Å². The Bertz CT molecular complexity index is 761. The van der Waals surface area contributed by atoms with Crippen molar-refractivity contribution in [1.82, 2.24) is 14.8 Å². The quantitative estimate of drug-likeness (QED) is 0.921. The second-order valence-corrected chi connectivity index (χ2v) is 5.50. The summed E-state index contributed by atoms with van der Waals surface area (Å²) < 4.78 is 6.99. The molecule has 0 saturated heterocycles. The third-order valence-corrected chi connectivity index (χ3v) is 4.24. The summed E-state index contributed by atoms with van der Waals surface area (Å²) in [5.74, 6) is 1.67. The predicted molar refractivity (Wildman–Crippen MR) is 80.7 cm³/mol. The van der Waals surface area contributed by atoms with Gasteiger partial charge in [-0.1, -0.05) is 12.1 Å². The number of ether oxygens (including phenoxy) is 1. The number of ketones is 1. The molecule has 112 valence electrons. The summed E-state index contributed by atoms with van der Waals surface area (Å²) in [6.07, 6.45) is 3.87. The fraction of sp³-hybridized carbons (Fsp3) is 0.312. The Morgan fingerprint density at radius 1 is 1.27 bits per heavy atom. The Balaban J connectivity index is 1.86. The number of carbonyl (C=O) groups is 1. The SMILES string of the molecule is COc1ccc(C2C3=C(CCCC3=O)Nc3ncnn32)cc1. The van der Waals surface area contributed by atoms with E-state index in [2.05, 4.69) is 15.4 Å². The smallest absolute Gasteiger partial charge is 0.226 e. The third-order valence-electron chi connectivity index (χ3n) is 4.24. The highest BCUT2D eigenvalue weighted by molar-refractivity contribution is 5.99. The number of anilines is 1. The molecule has 1 aromatic carbocycles.